The lowest BCUT2D eigenvalue weighted by molar-refractivity contribution is -0.113. The first-order chi connectivity index (χ1) is 13.7. The average Bonchev–Trinajstić information content (AvgIpc) is 3.18. The molecule has 1 saturated heterocycles. The molecule has 0 unspecified atom stereocenters. The minimum atomic E-state index is -3.67. The van der Waals surface area contributed by atoms with E-state index < -0.39 is 21.5 Å². The Balaban J connectivity index is 1.71. The van der Waals surface area contributed by atoms with Crippen molar-refractivity contribution in [1.82, 2.24) is 4.90 Å². The number of anilines is 1. The van der Waals surface area contributed by atoms with Gasteiger partial charge in [0.25, 0.3) is 5.91 Å². The number of sulfone groups is 1. The SMILES string of the molecule is O=C(CS(=O)(=O)Cc1ccc(Br)cc1)Nc1ccc(Cl)cc1C(=O)N1CCCC1. The molecule has 0 aliphatic carbocycles. The first-order valence-electron chi connectivity index (χ1n) is 9.07. The van der Waals surface area contributed by atoms with E-state index in [1.165, 1.54) is 12.1 Å². The minimum Gasteiger partial charge on any atom is -0.339 e. The van der Waals surface area contributed by atoms with Crippen LogP contribution in [0.2, 0.25) is 5.02 Å². The average molecular weight is 500 g/mol. The molecular weight excluding hydrogens is 480 g/mol. The molecule has 0 bridgehead atoms. The van der Waals surface area contributed by atoms with Crippen molar-refractivity contribution in [2.75, 3.05) is 24.2 Å². The molecule has 29 heavy (non-hydrogen) atoms. The molecule has 1 aliphatic rings. The summed E-state index contributed by atoms with van der Waals surface area (Å²) in [5.74, 6) is -1.84. The number of hydrogen-bond donors (Lipinski definition) is 1. The van der Waals surface area contributed by atoms with Gasteiger partial charge >= 0.3 is 0 Å². The Labute approximate surface area is 183 Å². The van der Waals surface area contributed by atoms with E-state index in [9.17, 15) is 18.0 Å². The van der Waals surface area contributed by atoms with Crippen molar-refractivity contribution in [3.05, 3.63) is 63.1 Å². The maximum atomic E-state index is 12.7. The fraction of sp³-hybridized carbons (Fsp3) is 0.300. The summed E-state index contributed by atoms with van der Waals surface area (Å²) in [5, 5.41) is 2.93. The third-order valence-electron chi connectivity index (χ3n) is 4.53. The van der Waals surface area contributed by atoms with Gasteiger partial charge in [-0.25, -0.2) is 8.42 Å². The molecule has 1 aliphatic heterocycles. The van der Waals surface area contributed by atoms with Crippen LogP contribution < -0.4 is 5.32 Å². The van der Waals surface area contributed by atoms with Crippen molar-refractivity contribution in [2.24, 2.45) is 0 Å². The van der Waals surface area contributed by atoms with Gasteiger partial charge in [-0.2, -0.15) is 0 Å². The van der Waals surface area contributed by atoms with E-state index in [1.807, 2.05) is 0 Å². The van der Waals surface area contributed by atoms with Crippen molar-refractivity contribution >= 4 is 54.9 Å². The van der Waals surface area contributed by atoms with Gasteiger partial charge in [0.1, 0.15) is 5.75 Å². The molecule has 6 nitrogen and oxygen atoms in total. The van der Waals surface area contributed by atoms with E-state index in [0.717, 1.165) is 17.3 Å². The zero-order valence-electron chi connectivity index (χ0n) is 15.5. The van der Waals surface area contributed by atoms with Crippen molar-refractivity contribution in [1.29, 1.82) is 0 Å². The lowest BCUT2D eigenvalue weighted by Gasteiger charge is -2.18. The standard InChI is InChI=1S/C20H20BrClN2O4S/c21-15-5-3-14(4-6-15)12-29(27,28)13-19(25)23-18-8-7-16(22)11-17(18)20(26)24-9-1-2-10-24/h3-8,11H,1-2,9-10,12-13H2,(H,23,25). The summed E-state index contributed by atoms with van der Waals surface area (Å²) in [6.45, 7) is 1.31. The molecule has 2 aromatic carbocycles. The predicted octanol–water partition coefficient (Wildman–Crippen LogP) is 3.89. The van der Waals surface area contributed by atoms with Gasteiger partial charge < -0.3 is 10.2 Å². The third-order valence-corrected chi connectivity index (χ3v) is 6.77. The van der Waals surface area contributed by atoms with Gasteiger partial charge in [-0.15, -0.1) is 0 Å². The smallest absolute Gasteiger partial charge is 0.256 e. The van der Waals surface area contributed by atoms with Crippen LogP contribution >= 0.6 is 27.5 Å². The Morgan fingerprint density at radius 2 is 1.72 bits per heavy atom. The van der Waals surface area contributed by atoms with Crippen LogP contribution in [0.4, 0.5) is 5.69 Å². The second-order valence-corrected chi connectivity index (χ2v) is 10.3. The summed E-state index contributed by atoms with van der Waals surface area (Å²) >= 11 is 9.33. The molecule has 0 radical (unpaired) electrons. The number of halogens is 2. The van der Waals surface area contributed by atoms with Crippen LogP contribution in [0.5, 0.6) is 0 Å². The molecule has 0 aromatic heterocycles. The minimum absolute atomic E-state index is 0.224. The van der Waals surface area contributed by atoms with Gasteiger partial charge in [0.15, 0.2) is 9.84 Å². The van der Waals surface area contributed by atoms with E-state index in [0.29, 0.717) is 23.7 Å². The first kappa shape index (κ1) is 21.8. The number of amides is 2. The Morgan fingerprint density at radius 3 is 2.38 bits per heavy atom. The molecule has 9 heteroatoms. The lowest BCUT2D eigenvalue weighted by atomic mass is 10.1. The van der Waals surface area contributed by atoms with Gasteiger partial charge in [0.05, 0.1) is 17.0 Å². The van der Waals surface area contributed by atoms with Crippen LogP contribution in [0.1, 0.15) is 28.8 Å². The van der Waals surface area contributed by atoms with Gasteiger partial charge in [-0.1, -0.05) is 39.7 Å². The number of hydrogen-bond acceptors (Lipinski definition) is 4. The number of carbonyl (C=O) groups excluding carboxylic acids is 2. The van der Waals surface area contributed by atoms with Crippen LogP contribution in [0, 0.1) is 0 Å². The van der Waals surface area contributed by atoms with Crippen LogP contribution in [0.25, 0.3) is 0 Å². The maximum absolute atomic E-state index is 12.7. The Hall–Kier alpha value is -1.90. The molecule has 0 saturated carbocycles. The summed E-state index contributed by atoms with van der Waals surface area (Å²) in [6, 6.07) is 11.4. The predicted molar refractivity (Wildman–Crippen MR) is 117 cm³/mol. The summed E-state index contributed by atoms with van der Waals surface area (Å²) in [4.78, 5) is 26.8. The highest BCUT2D eigenvalue weighted by Gasteiger charge is 2.24. The molecule has 2 aromatic rings. The van der Waals surface area contributed by atoms with Gasteiger partial charge in [0, 0.05) is 22.6 Å². The molecular formula is C20H20BrClN2O4S. The largest absolute Gasteiger partial charge is 0.339 e. The Morgan fingerprint density at radius 1 is 1.07 bits per heavy atom. The Bertz CT molecular complexity index is 1020. The quantitative estimate of drug-likeness (QED) is 0.653. The zero-order valence-corrected chi connectivity index (χ0v) is 18.7. The molecule has 1 N–H and O–H groups in total. The third kappa shape index (κ3) is 6.04. The molecule has 3 rings (SSSR count). The highest BCUT2D eigenvalue weighted by molar-refractivity contribution is 9.10. The topological polar surface area (TPSA) is 83.5 Å². The van der Waals surface area contributed by atoms with E-state index in [1.54, 1.807) is 35.2 Å². The first-order valence-corrected chi connectivity index (χ1v) is 12.1. The van der Waals surface area contributed by atoms with Gasteiger partial charge in [0.2, 0.25) is 5.91 Å². The van der Waals surface area contributed by atoms with Crippen molar-refractivity contribution in [2.45, 2.75) is 18.6 Å². The monoisotopic (exact) mass is 498 g/mol. The molecule has 1 fully saturated rings. The number of carbonyl (C=O) groups is 2. The summed E-state index contributed by atoms with van der Waals surface area (Å²) in [5.41, 5.74) is 1.12. The summed E-state index contributed by atoms with van der Waals surface area (Å²) < 4.78 is 25.6. The lowest BCUT2D eigenvalue weighted by Crippen LogP contribution is -2.30. The van der Waals surface area contributed by atoms with E-state index in [4.69, 9.17) is 11.6 Å². The van der Waals surface area contributed by atoms with E-state index in [-0.39, 0.29) is 22.9 Å². The normalized spacial score (nSPS) is 14.1. The maximum Gasteiger partial charge on any atom is 0.256 e. The molecule has 1 heterocycles. The number of nitrogens with one attached hydrogen (secondary N) is 1. The van der Waals surface area contributed by atoms with Crippen molar-refractivity contribution < 1.29 is 18.0 Å². The number of rotatable bonds is 6. The van der Waals surface area contributed by atoms with Crippen LogP contribution in [-0.4, -0.2) is 44.0 Å². The fourth-order valence-electron chi connectivity index (χ4n) is 3.16. The van der Waals surface area contributed by atoms with E-state index >= 15 is 0 Å². The number of nitrogens with zero attached hydrogens (tertiary/aromatic N) is 1. The van der Waals surface area contributed by atoms with Crippen molar-refractivity contribution in [3.8, 4) is 0 Å². The fourth-order valence-corrected chi connectivity index (χ4v) is 4.88. The van der Waals surface area contributed by atoms with E-state index in [2.05, 4.69) is 21.2 Å². The van der Waals surface area contributed by atoms with Gasteiger partial charge in [-0.05, 0) is 48.7 Å². The number of likely N-dealkylation sites (tertiary alicyclic amines) is 1. The summed E-state index contributed by atoms with van der Waals surface area (Å²) in [7, 11) is -3.67. The van der Waals surface area contributed by atoms with Crippen LogP contribution in [0.3, 0.4) is 0 Å². The highest BCUT2D eigenvalue weighted by Crippen LogP contribution is 2.24. The van der Waals surface area contributed by atoms with Crippen LogP contribution in [0.15, 0.2) is 46.9 Å². The van der Waals surface area contributed by atoms with Gasteiger partial charge in [-0.3, -0.25) is 9.59 Å². The molecule has 0 atom stereocenters. The Kier molecular flexibility index (Phi) is 6.97. The molecule has 2 amide bonds. The van der Waals surface area contributed by atoms with Crippen LogP contribution in [-0.2, 0) is 20.4 Å². The molecule has 0 spiro atoms. The number of benzene rings is 2. The van der Waals surface area contributed by atoms with Crippen molar-refractivity contribution in [3.63, 3.8) is 0 Å². The second kappa shape index (κ2) is 9.28. The zero-order chi connectivity index (χ0) is 21.0. The second-order valence-electron chi connectivity index (χ2n) is 6.90. The summed E-state index contributed by atoms with van der Waals surface area (Å²) in [6.07, 6.45) is 1.87. The molecule has 154 valence electrons. The highest BCUT2D eigenvalue weighted by atomic mass is 79.9.